The van der Waals surface area contributed by atoms with Gasteiger partial charge in [-0.05, 0) is 37.6 Å². The fourth-order valence-electron chi connectivity index (χ4n) is 2.11. The number of ether oxygens (including phenoxy) is 1. The van der Waals surface area contributed by atoms with Crippen LogP contribution >= 0.6 is 0 Å². The Bertz CT molecular complexity index is 429. The first-order chi connectivity index (χ1) is 7.96. The van der Waals surface area contributed by atoms with Crippen LogP contribution in [0.1, 0.15) is 13.8 Å². The van der Waals surface area contributed by atoms with Crippen molar-refractivity contribution in [3.8, 4) is 0 Å². The van der Waals surface area contributed by atoms with Crippen LogP contribution in [0.3, 0.4) is 0 Å². The molecule has 1 heterocycles. The summed E-state index contributed by atoms with van der Waals surface area (Å²) in [6.07, 6.45) is 5.62. The third-order valence-corrected chi connectivity index (χ3v) is 3.25. The van der Waals surface area contributed by atoms with Crippen LogP contribution in [0.15, 0.2) is 35.6 Å². The smallest absolute Gasteiger partial charge is 0.189 e. The fraction of sp³-hybridized carbons (Fsp3) is 0.462. The molecule has 0 bridgehead atoms. The molecule has 2 aliphatic rings. The van der Waals surface area contributed by atoms with Crippen molar-refractivity contribution in [2.45, 2.75) is 25.6 Å². The van der Waals surface area contributed by atoms with Gasteiger partial charge in [-0.2, -0.15) is 0 Å². The first kappa shape index (κ1) is 12.1. The number of aliphatic hydroxyl groups is 2. The van der Waals surface area contributed by atoms with Gasteiger partial charge in [-0.1, -0.05) is 6.08 Å². The van der Waals surface area contributed by atoms with E-state index in [1.807, 2.05) is 13.0 Å². The number of allylic oxidation sites excluding steroid dienone is 3. The molecule has 2 N–H and O–H groups in total. The summed E-state index contributed by atoms with van der Waals surface area (Å²) in [7, 11) is 0. The second kappa shape index (κ2) is 4.13. The van der Waals surface area contributed by atoms with E-state index in [1.165, 1.54) is 13.0 Å². The van der Waals surface area contributed by atoms with Crippen molar-refractivity contribution in [3.05, 3.63) is 35.6 Å². The van der Waals surface area contributed by atoms with E-state index >= 15 is 0 Å². The number of carbonyl (C=O) groups is 1. The lowest BCUT2D eigenvalue weighted by molar-refractivity contribution is -0.150. The molecule has 4 heteroatoms. The first-order valence-corrected chi connectivity index (χ1v) is 5.60. The minimum absolute atomic E-state index is 0.270. The maximum Gasteiger partial charge on any atom is 0.189 e. The van der Waals surface area contributed by atoms with Crippen LogP contribution in [0.2, 0.25) is 0 Å². The molecular weight excluding hydrogens is 220 g/mol. The summed E-state index contributed by atoms with van der Waals surface area (Å²) in [6.45, 7) is 3.47. The highest BCUT2D eigenvalue weighted by molar-refractivity contribution is 5.99. The number of carbonyl (C=O) groups excluding carboxylic acids is 1. The van der Waals surface area contributed by atoms with Crippen LogP contribution in [0.25, 0.3) is 0 Å². The SMILES string of the molecule is C/C=C/C1=CC2=CC(=O)C(C)(O)C(O)C2CO1. The van der Waals surface area contributed by atoms with Gasteiger partial charge in [0.2, 0.25) is 0 Å². The van der Waals surface area contributed by atoms with E-state index in [1.54, 1.807) is 12.2 Å². The zero-order valence-corrected chi connectivity index (χ0v) is 9.88. The highest BCUT2D eigenvalue weighted by atomic mass is 16.5. The average molecular weight is 236 g/mol. The maximum atomic E-state index is 11.7. The third kappa shape index (κ3) is 1.94. The van der Waals surface area contributed by atoms with Gasteiger partial charge in [0.05, 0.1) is 12.7 Å². The second-order valence-electron chi connectivity index (χ2n) is 4.57. The Morgan fingerprint density at radius 1 is 1.53 bits per heavy atom. The molecule has 0 saturated heterocycles. The molecule has 1 aliphatic carbocycles. The summed E-state index contributed by atoms with van der Waals surface area (Å²) < 4.78 is 5.44. The summed E-state index contributed by atoms with van der Waals surface area (Å²) in [6, 6.07) is 0. The molecule has 0 spiro atoms. The second-order valence-corrected chi connectivity index (χ2v) is 4.57. The molecule has 0 saturated carbocycles. The minimum atomic E-state index is -1.72. The monoisotopic (exact) mass is 236 g/mol. The molecule has 92 valence electrons. The zero-order chi connectivity index (χ0) is 12.6. The van der Waals surface area contributed by atoms with Crippen molar-refractivity contribution >= 4 is 5.78 Å². The van der Waals surface area contributed by atoms with Crippen molar-refractivity contribution in [1.82, 2.24) is 0 Å². The lowest BCUT2D eigenvalue weighted by atomic mass is 9.75. The maximum absolute atomic E-state index is 11.7. The Balaban J connectivity index is 2.39. The minimum Gasteiger partial charge on any atom is -0.493 e. The van der Waals surface area contributed by atoms with Gasteiger partial charge in [0, 0.05) is 5.92 Å². The molecule has 17 heavy (non-hydrogen) atoms. The Hall–Kier alpha value is -1.39. The molecule has 2 rings (SSSR count). The van der Waals surface area contributed by atoms with Gasteiger partial charge >= 0.3 is 0 Å². The molecule has 3 unspecified atom stereocenters. The number of hydrogen-bond donors (Lipinski definition) is 2. The van der Waals surface area contributed by atoms with Crippen molar-refractivity contribution in [2.24, 2.45) is 5.92 Å². The van der Waals surface area contributed by atoms with Gasteiger partial charge in [0.25, 0.3) is 0 Å². The van der Waals surface area contributed by atoms with Crippen LogP contribution in [0.4, 0.5) is 0 Å². The van der Waals surface area contributed by atoms with Gasteiger partial charge in [-0.15, -0.1) is 0 Å². The van der Waals surface area contributed by atoms with Crippen molar-refractivity contribution in [2.75, 3.05) is 6.61 Å². The summed E-state index contributed by atoms with van der Waals surface area (Å²) >= 11 is 0. The Labute approximate surface area is 99.9 Å². The molecule has 0 fully saturated rings. The van der Waals surface area contributed by atoms with Crippen LogP contribution in [-0.2, 0) is 9.53 Å². The van der Waals surface area contributed by atoms with E-state index in [2.05, 4.69) is 0 Å². The number of hydrogen-bond acceptors (Lipinski definition) is 4. The van der Waals surface area contributed by atoms with Gasteiger partial charge in [-0.3, -0.25) is 4.79 Å². The van der Waals surface area contributed by atoms with Crippen LogP contribution in [0, 0.1) is 5.92 Å². The van der Waals surface area contributed by atoms with Crippen LogP contribution in [0.5, 0.6) is 0 Å². The van der Waals surface area contributed by atoms with Gasteiger partial charge in [0.15, 0.2) is 11.4 Å². The largest absolute Gasteiger partial charge is 0.493 e. The molecule has 0 aromatic rings. The quantitative estimate of drug-likeness (QED) is 0.703. The number of ketones is 1. The van der Waals surface area contributed by atoms with Crippen LogP contribution < -0.4 is 0 Å². The van der Waals surface area contributed by atoms with Crippen LogP contribution in [-0.4, -0.2) is 34.3 Å². The standard InChI is InChI=1S/C13H16O4/c1-3-4-9-5-8-6-11(14)13(2,16)12(15)10(8)7-17-9/h3-6,10,12,15-16H,7H2,1-2H3/b4-3+. The lowest BCUT2D eigenvalue weighted by Crippen LogP contribution is -2.54. The molecule has 0 amide bonds. The average Bonchev–Trinajstić information content (AvgIpc) is 2.27. The summed E-state index contributed by atoms with van der Waals surface area (Å²) in [5.74, 6) is -0.150. The molecule has 0 aromatic carbocycles. The van der Waals surface area contributed by atoms with Crippen molar-refractivity contribution in [3.63, 3.8) is 0 Å². The molecule has 4 nitrogen and oxygen atoms in total. The molecule has 3 atom stereocenters. The highest BCUT2D eigenvalue weighted by Gasteiger charge is 2.47. The third-order valence-electron chi connectivity index (χ3n) is 3.25. The number of rotatable bonds is 1. The van der Waals surface area contributed by atoms with E-state index in [4.69, 9.17) is 4.74 Å². The summed E-state index contributed by atoms with van der Waals surface area (Å²) in [5, 5.41) is 19.9. The van der Waals surface area contributed by atoms with E-state index in [0.717, 1.165) is 0 Å². The highest BCUT2D eigenvalue weighted by Crippen LogP contribution is 2.35. The molecule has 0 radical (unpaired) electrons. The predicted molar refractivity (Wildman–Crippen MR) is 62.1 cm³/mol. The molecular formula is C13H16O4. The number of aliphatic hydroxyl groups excluding tert-OH is 1. The van der Waals surface area contributed by atoms with Gasteiger partial charge in [0.1, 0.15) is 5.76 Å². The van der Waals surface area contributed by atoms with E-state index in [-0.39, 0.29) is 12.5 Å². The Morgan fingerprint density at radius 2 is 2.24 bits per heavy atom. The van der Waals surface area contributed by atoms with E-state index in [9.17, 15) is 15.0 Å². The molecule has 1 aliphatic heterocycles. The van der Waals surface area contributed by atoms with E-state index in [0.29, 0.717) is 11.3 Å². The topological polar surface area (TPSA) is 66.8 Å². The van der Waals surface area contributed by atoms with Crippen molar-refractivity contribution < 1.29 is 19.7 Å². The normalized spacial score (nSPS) is 37.3. The van der Waals surface area contributed by atoms with Crippen molar-refractivity contribution in [1.29, 1.82) is 0 Å². The zero-order valence-electron chi connectivity index (χ0n) is 9.88. The summed E-state index contributed by atoms with van der Waals surface area (Å²) in [5.41, 5.74) is -1.00. The van der Waals surface area contributed by atoms with Gasteiger partial charge in [-0.25, -0.2) is 0 Å². The summed E-state index contributed by atoms with van der Waals surface area (Å²) in [4.78, 5) is 11.7. The Morgan fingerprint density at radius 3 is 2.88 bits per heavy atom. The van der Waals surface area contributed by atoms with Gasteiger partial charge < -0.3 is 14.9 Å². The molecule has 0 aromatic heterocycles. The fourth-order valence-corrected chi connectivity index (χ4v) is 2.11. The number of fused-ring (bicyclic) bond motifs is 1. The predicted octanol–water partition coefficient (Wildman–Crippen LogP) is 0.714. The Kier molecular flexibility index (Phi) is 2.93. The van der Waals surface area contributed by atoms with E-state index < -0.39 is 17.5 Å². The first-order valence-electron chi connectivity index (χ1n) is 5.60. The lowest BCUT2D eigenvalue weighted by Gasteiger charge is -2.39.